The van der Waals surface area contributed by atoms with E-state index < -0.39 is 0 Å². The predicted molar refractivity (Wildman–Crippen MR) is 119 cm³/mol. The highest BCUT2D eigenvalue weighted by atomic mass is 16.5. The van der Waals surface area contributed by atoms with Crippen LogP contribution in [-0.2, 0) is 0 Å². The molecule has 0 amide bonds. The van der Waals surface area contributed by atoms with Crippen molar-refractivity contribution in [2.24, 2.45) is 5.92 Å². The van der Waals surface area contributed by atoms with Crippen LogP contribution < -0.4 is 19.9 Å². The van der Waals surface area contributed by atoms with Crippen molar-refractivity contribution in [1.29, 1.82) is 0 Å². The first-order valence-corrected chi connectivity index (χ1v) is 10.2. The Morgan fingerprint density at radius 3 is 2.35 bits per heavy atom. The second kappa shape index (κ2) is 8.10. The number of aromatic amines is 1. The number of fused-ring (bicyclic) bond motifs is 1. The Morgan fingerprint density at radius 2 is 1.68 bits per heavy atom. The van der Waals surface area contributed by atoms with Gasteiger partial charge in [0.1, 0.15) is 11.5 Å². The fourth-order valence-electron chi connectivity index (χ4n) is 3.28. The van der Waals surface area contributed by atoms with Gasteiger partial charge in [0.2, 0.25) is 0 Å². The molecule has 7 heteroatoms. The molecule has 0 spiro atoms. The molecule has 0 atom stereocenters. The third-order valence-electron chi connectivity index (χ3n) is 5.33. The maximum atomic E-state index is 12.2. The van der Waals surface area contributed by atoms with E-state index in [1.165, 1.54) is 19.0 Å². The van der Waals surface area contributed by atoms with Crippen molar-refractivity contribution in [2.45, 2.75) is 12.8 Å². The fraction of sp³-hybridized carbons (Fsp3) is 0.208. The lowest BCUT2D eigenvalue weighted by molar-refractivity contribution is 0.300. The molecular formula is C24H22N4O3. The van der Waals surface area contributed by atoms with Crippen molar-refractivity contribution in [3.8, 4) is 17.5 Å². The molecule has 2 aromatic carbocycles. The van der Waals surface area contributed by atoms with Gasteiger partial charge in [-0.2, -0.15) is 4.98 Å². The molecule has 0 radical (unpaired) electrons. The molecule has 1 aliphatic carbocycles. The third-order valence-corrected chi connectivity index (χ3v) is 5.33. The fourth-order valence-corrected chi connectivity index (χ4v) is 3.28. The summed E-state index contributed by atoms with van der Waals surface area (Å²) in [5, 5.41) is 0.475. The second-order valence-electron chi connectivity index (χ2n) is 7.67. The average Bonchev–Trinajstić information content (AvgIpc) is 3.63. The van der Waals surface area contributed by atoms with Crippen LogP contribution in [0.1, 0.15) is 12.8 Å². The quantitative estimate of drug-likeness (QED) is 0.473. The summed E-state index contributed by atoms with van der Waals surface area (Å²) in [5.41, 5.74) is 2.29. The molecule has 156 valence electrons. The molecule has 0 saturated heterocycles. The van der Waals surface area contributed by atoms with E-state index in [-0.39, 0.29) is 11.6 Å². The molecular weight excluding hydrogens is 392 g/mol. The van der Waals surface area contributed by atoms with E-state index >= 15 is 0 Å². The zero-order valence-electron chi connectivity index (χ0n) is 17.1. The monoisotopic (exact) mass is 414 g/mol. The van der Waals surface area contributed by atoms with Crippen LogP contribution in [-0.4, -0.2) is 28.6 Å². The van der Waals surface area contributed by atoms with E-state index in [1.54, 1.807) is 12.3 Å². The van der Waals surface area contributed by atoms with E-state index in [2.05, 4.69) is 19.9 Å². The van der Waals surface area contributed by atoms with Crippen molar-refractivity contribution in [2.75, 3.05) is 18.6 Å². The Morgan fingerprint density at radius 1 is 1.00 bits per heavy atom. The number of hydrogen-bond acceptors (Lipinski definition) is 6. The lowest BCUT2D eigenvalue weighted by Crippen LogP contribution is -2.10. The summed E-state index contributed by atoms with van der Waals surface area (Å²) in [5.74, 6) is 2.22. The number of hydrogen-bond donors (Lipinski definition) is 1. The van der Waals surface area contributed by atoms with Crippen LogP contribution in [0.2, 0.25) is 0 Å². The topological polar surface area (TPSA) is 80.3 Å². The van der Waals surface area contributed by atoms with Crippen molar-refractivity contribution in [1.82, 2.24) is 15.0 Å². The van der Waals surface area contributed by atoms with Gasteiger partial charge in [0.15, 0.2) is 0 Å². The van der Waals surface area contributed by atoms with E-state index in [9.17, 15) is 4.79 Å². The van der Waals surface area contributed by atoms with Gasteiger partial charge in [-0.05, 0) is 73.4 Å². The normalized spacial score (nSPS) is 13.2. The summed E-state index contributed by atoms with van der Waals surface area (Å²) in [4.78, 5) is 25.2. The third kappa shape index (κ3) is 4.35. The molecule has 4 aromatic rings. The highest BCUT2D eigenvalue weighted by Gasteiger charge is 2.21. The van der Waals surface area contributed by atoms with Crippen molar-refractivity contribution in [3.05, 3.63) is 77.3 Å². The van der Waals surface area contributed by atoms with Gasteiger partial charge in [-0.15, -0.1) is 0 Å². The molecule has 1 saturated carbocycles. The summed E-state index contributed by atoms with van der Waals surface area (Å²) in [7, 11) is 2.01. The van der Waals surface area contributed by atoms with E-state index in [4.69, 9.17) is 9.47 Å². The average molecular weight is 414 g/mol. The summed E-state index contributed by atoms with van der Waals surface area (Å²) < 4.78 is 11.6. The lowest BCUT2D eigenvalue weighted by Gasteiger charge is -2.20. The van der Waals surface area contributed by atoms with Crippen molar-refractivity contribution >= 4 is 22.3 Å². The van der Waals surface area contributed by atoms with Gasteiger partial charge in [-0.25, -0.2) is 0 Å². The summed E-state index contributed by atoms with van der Waals surface area (Å²) in [6, 6.07) is 17.4. The first kappa shape index (κ1) is 19.1. The Bertz CT molecular complexity index is 1250. The zero-order chi connectivity index (χ0) is 21.2. The molecule has 2 aromatic heterocycles. The number of aromatic nitrogens is 3. The Balaban J connectivity index is 1.27. The van der Waals surface area contributed by atoms with Crippen molar-refractivity contribution < 1.29 is 9.47 Å². The number of pyridine rings is 1. The highest BCUT2D eigenvalue weighted by molar-refractivity contribution is 5.76. The van der Waals surface area contributed by atoms with Crippen LogP contribution in [0, 0.1) is 5.92 Å². The molecule has 0 aliphatic heterocycles. The minimum atomic E-state index is -0.261. The summed E-state index contributed by atoms with van der Waals surface area (Å²) >= 11 is 0. The molecule has 2 heterocycles. The zero-order valence-corrected chi connectivity index (χ0v) is 17.1. The smallest absolute Gasteiger partial charge is 0.302 e. The molecule has 1 N–H and O–H groups in total. The number of ether oxygens (including phenoxy) is 2. The van der Waals surface area contributed by atoms with E-state index in [1.807, 2.05) is 55.6 Å². The summed E-state index contributed by atoms with van der Waals surface area (Å²) in [6.07, 6.45) is 5.66. The molecule has 1 fully saturated rings. The Kier molecular flexibility index (Phi) is 5.00. The van der Waals surface area contributed by atoms with Gasteiger partial charge in [-0.1, -0.05) is 0 Å². The largest absolute Gasteiger partial charge is 0.493 e. The van der Waals surface area contributed by atoms with Crippen LogP contribution in [0.25, 0.3) is 10.9 Å². The molecule has 1 aliphatic rings. The number of nitrogens with one attached hydrogen (secondary N) is 1. The first-order valence-electron chi connectivity index (χ1n) is 10.2. The van der Waals surface area contributed by atoms with E-state index in [0.29, 0.717) is 16.7 Å². The van der Waals surface area contributed by atoms with Crippen molar-refractivity contribution in [3.63, 3.8) is 0 Å². The molecule has 31 heavy (non-hydrogen) atoms. The van der Waals surface area contributed by atoms with Crippen LogP contribution in [0.5, 0.6) is 17.5 Å². The molecule has 7 nitrogen and oxygen atoms in total. The SMILES string of the molecule is CN(c1ccc(OCC2CC2)cc1)c1ccc(Oc2nc3cnccc3c(=O)[nH]2)cc1. The lowest BCUT2D eigenvalue weighted by atomic mass is 10.2. The number of anilines is 2. The Labute approximate surface area is 179 Å². The number of rotatable bonds is 7. The number of nitrogens with zero attached hydrogens (tertiary/aromatic N) is 3. The molecule has 0 bridgehead atoms. The standard InChI is InChI=1S/C24H22N4O3/c1-28(17-4-8-19(9-5-17)30-15-16-2-3-16)18-6-10-20(11-7-18)31-24-26-22-14-25-13-12-21(22)23(29)27-24/h4-14,16H,2-3,15H2,1H3,(H,26,27,29). The Hall–Kier alpha value is -3.87. The number of H-pyrrole nitrogens is 1. The van der Waals surface area contributed by atoms with Crippen LogP contribution in [0.15, 0.2) is 71.8 Å². The van der Waals surface area contributed by atoms with Crippen LogP contribution in [0.3, 0.4) is 0 Å². The maximum Gasteiger partial charge on any atom is 0.302 e. The minimum Gasteiger partial charge on any atom is -0.493 e. The minimum absolute atomic E-state index is 0.133. The predicted octanol–water partition coefficient (Wildman–Crippen LogP) is 4.67. The summed E-state index contributed by atoms with van der Waals surface area (Å²) in [6.45, 7) is 0.810. The van der Waals surface area contributed by atoms with Gasteiger partial charge < -0.3 is 14.4 Å². The maximum absolute atomic E-state index is 12.2. The van der Waals surface area contributed by atoms with Gasteiger partial charge in [0.25, 0.3) is 5.56 Å². The molecule has 5 rings (SSSR count). The van der Waals surface area contributed by atoms with Gasteiger partial charge in [-0.3, -0.25) is 14.8 Å². The first-order chi connectivity index (χ1) is 15.2. The van der Waals surface area contributed by atoms with Gasteiger partial charge in [0.05, 0.1) is 23.7 Å². The highest BCUT2D eigenvalue weighted by Crippen LogP contribution is 2.31. The molecule has 0 unspecified atom stereocenters. The second-order valence-corrected chi connectivity index (χ2v) is 7.67. The van der Waals surface area contributed by atoms with Crippen LogP contribution in [0.4, 0.5) is 11.4 Å². The van der Waals surface area contributed by atoms with Gasteiger partial charge in [0, 0.05) is 24.6 Å². The van der Waals surface area contributed by atoms with Gasteiger partial charge >= 0.3 is 6.01 Å². The van der Waals surface area contributed by atoms with E-state index in [0.717, 1.165) is 29.6 Å². The number of benzene rings is 2. The van der Waals surface area contributed by atoms with Crippen LogP contribution >= 0.6 is 0 Å².